The number of hydrogen-bond donors (Lipinski definition) is 3. The third kappa shape index (κ3) is 4.76. The highest BCUT2D eigenvalue weighted by molar-refractivity contribution is 5.75. The van der Waals surface area contributed by atoms with Crippen molar-refractivity contribution in [3.8, 4) is 0 Å². The first-order valence-electron chi connectivity index (χ1n) is 7.72. The molecule has 0 saturated carbocycles. The van der Waals surface area contributed by atoms with Crippen LogP contribution in [0.25, 0.3) is 0 Å². The van der Waals surface area contributed by atoms with E-state index in [4.69, 9.17) is 9.47 Å². The first-order valence-corrected chi connectivity index (χ1v) is 7.72. The topological polar surface area (TPSA) is 96.9 Å². The van der Waals surface area contributed by atoms with Gasteiger partial charge in [-0.15, -0.1) is 0 Å². The zero-order valence-electron chi connectivity index (χ0n) is 14.5. The number of carboxylic acids is 1. The standard InChI is InChI=1S/C16H28N2O5/c1-6-7-11-8-12(15(20)21)18-13(11)14(17-10(2)19)16(3,23-5)9-22-4/h6-7,11-14,18H,8-9H2,1-5H3,(H,17,19)(H,20,21)/b7-6-/t11-,12-,13-,14-,16+/m1/s1. The lowest BCUT2D eigenvalue weighted by atomic mass is 9.84. The van der Waals surface area contributed by atoms with Crippen molar-refractivity contribution in [1.29, 1.82) is 0 Å². The Balaban J connectivity index is 3.16. The number of carboxylic acid groups (broad SMARTS) is 1. The molecular formula is C16H28N2O5. The number of nitrogens with one attached hydrogen (secondary N) is 2. The monoisotopic (exact) mass is 328 g/mol. The molecule has 5 atom stereocenters. The summed E-state index contributed by atoms with van der Waals surface area (Å²) in [6, 6.07) is -1.35. The van der Waals surface area contributed by atoms with E-state index in [0.717, 1.165) is 0 Å². The van der Waals surface area contributed by atoms with Crippen molar-refractivity contribution >= 4 is 11.9 Å². The number of amides is 1. The fraction of sp³-hybridized carbons (Fsp3) is 0.750. The van der Waals surface area contributed by atoms with Crippen LogP contribution in [0, 0.1) is 5.92 Å². The van der Waals surface area contributed by atoms with E-state index in [0.29, 0.717) is 6.42 Å². The molecule has 0 unspecified atom stereocenters. The first-order chi connectivity index (χ1) is 10.8. The number of hydrogen-bond acceptors (Lipinski definition) is 5. The van der Waals surface area contributed by atoms with Crippen molar-refractivity contribution in [2.75, 3.05) is 20.8 Å². The number of aliphatic carboxylic acids is 1. The summed E-state index contributed by atoms with van der Waals surface area (Å²) in [5.74, 6) is -1.12. The summed E-state index contributed by atoms with van der Waals surface area (Å²) in [5.41, 5.74) is -0.786. The second kappa shape index (κ2) is 8.42. The van der Waals surface area contributed by atoms with Gasteiger partial charge in [0.25, 0.3) is 0 Å². The van der Waals surface area contributed by atoms with Crippen LogP contribution in [-0.4, -0.2) is 61.5 Å². The van der Waals surface area contributed by atoms with Crippen molar-refractivity contribution in [1.82, 2.24) is 10.6 Å². The van der Waals surface area contributed by atoms with Gasteiger partial charge in [0.2, 0.25) is 5.91 Å². The van der Waals surface area contributed by atoms with Gasteiger partial charge < -0.3 is 19.9 Å². The molecule has 0 aromatic heterocycles. The molecule has 3 N–H and O–H groups in total. The minimum Gasteiger partial charge on any atom is -0.480 e. The molecule has 23 heavy (non-hydrogen) atoms. The van der Waals surface area contributed by atoms with E-state index in [9.17, 15) is 14.7 Å². The van der Waals surface area contributed by atoms with E-state index in [1.165, 1.54) is 6.92 Å². The van der Waals surface area contributed by atoms with Gasteiger partial charge in [-0.25, -0.2) is 0 Å². The van der Waals surface area contributed by atoms with Gasteiger partial charge in [-0.05, 0) is 26.2 Å². The molecule has 0 radical (unpaired) electrons. The first kappa shape index (κ1) is 19.6. The van der Waals surface area contributed by atoms with Crippen molar-refractivity contribution in [2.45, 2.75) is 50.9 Å². The molecule has 0 aliphatic carbocycles. The van der Waals surface area contributed by atoms with E-state index in [1.54, 1.807) is 14.2 Å². The van der Waals surface area contributed by atoms with Crippen LogP contribution in [0.4, 0.5) is 0 Å². The molecule has 0 spiro atoms. The summed E-state index contributed by atoms with van der Waals surface area (Å²) in [6.07, 6.45) is 4.33. The molecule has 1 aliphatic heterocycles. The Morgan fingerprint density at radius 3 is 2.57 bits per heavy atom. The van der Waals surface area contributed by atoms with Crippen LogP contribution in [0.5, 0.6) is 0 Å². The van der Waals surface area contributed by atoms with Crippen LogP contribution in [0.1, 0.15) is 27.2 Å². The minimum absolute atomic E-state index is 0.0238. The summed E-state index contributed by atoms with van der Waals surface area (Å²) in [7, 11) is 3.12. The van der Waals surface area contributed by atoms with Crippen LogP contribution in [0.3, 0.4) is 0 Å². The molecule has 7 heteroatoms. The molecule has 1 amide bonds. The highest BCUT2D eigenvalue weighted by Crippen LogP contribution is 2.30. The lowest BCUT2D eigenvalue weighted by Gasteiger charge is -2.41. The molecule has 132 valence electrons. The Hall–Kier alpha value is -1.44. The average molecular weight is 328 g/mol. The van der Waals surface area contributed by atoms with Crippen LogP contribution in [-0.2, 0) is 19.1 Å². The SMILES string of the molecule is C/C=C\[C@@H]1C[C@H](C(=O)O)N[C@H]1[C@@H](NC(C)=O)[C@](C)(COC)OC. The summed E-state index contributed by atoms with van der Waals surface area (Å²) >= 11 is 0. The van der Waals surface area contributed by atoms with Crippen LogP contribution < -0.4 is 10.6 Å². The number of carbonyl (C=O) groups excluding carboxylic acids is 1. The van der Waals surface area contributed by atoms with Crippen molar-refractivity contribution in [3.63, 3.8) is 0 Å². The second-order valence-corrected chi connectivity index (χ2v) is 6.14. The number of ether oxygens (including phenoxy) is 2. The normalized spacial score (nSPS) is 28.5. The van der Waals surface area contributed by atoms with Crippen LogP contribution >= 0.6 is 0 Å². The maximum atomic E-state index is 11.7. The molecule has 1 saturated heterocycles. The minimum atomic E-state index is -0.894. The van der Waals surface area contributed by atoms with Crippen LogP contribution in [0.2, 0.25) is 0 Å². The summed E-state index contributed by atoms with van der Waals surface area (Å²) in [5, 5.41) is 15.4. The second-order valence-electron chi connectivity index (χ2n) is 6.14. The summed E-state index contributed by atoms with van der Waals surface area (Å²) < 4.78 is 10.9. The van der Waals surface area contributed by atoms with Crippen LogP contribution in [0.15, 0.2) is 12.2 Å². The molecule has 1 rings (SSSR count). The maximum Gasteiger partial charge on any atom is 0.320 e. The third-order valence-corrected chi connectivity index (χ3v) is 4.37. The molecule has 0 aromatic rings. The lowest BCUT2D eigenvalue weighted by molar-refractivity contribution is -0.139. The van der Waals surface area contributed by atoms with Gasteiger partial charge in [-0.3, -0.25) is 14.9 Å². The van der Waals surface area contributed by atoms with E-state index in [1.807, 2.05) is 26.0 Å². The third-order valence-electron chi connectivity index (χ3n) is 4.37. The van der Waals surface area contributed by atoms with E-state index in [-0.39, 0.29) is 24.5 Å². The van der Waals surface area contributed by atoms with Gasteiger partial charge in [-0.1, -0.05) is 12.2 Å². The largest absolute Gasteiger partial charge is 0.480 e. The number of rotatable bonds is 8. The smallest absolute Gasteiger partial charge is 0.320 e. The Morgan fingerprint density at radius 1 is 1.48 bits per heavy atom. The zero-order valence-corrected chi connectivity index (χ0v) is 14.5. The summed E-state index contributed by atoms with van der Waals surface area (Å²) in [6.45, 7) is 5.44. The highest BCUT2D eigenvalue weighted by atomic mass is 16.5. The molecule has 1 fully saturated rings. The van der Waals surface area contributed by atoms with E-state index >= 15 is 0 Å². The fourth-order valence-electron chi connectivity index (χ4n) is 3.21. The van der Waals surface area contributed by atoms with Crippen molar-refractivity contribution in [3.05, 3.63) is 12.2 Å². The molecule has 1 heterocycles. The number of allylic oxidation sites excluding steroid dienone is 1. The average Bonchev–Trinajstić information content (AvgIpc) is 2.89. The molecule has 0 bridgehead atoms. The molecule has 7 nitrogen and oxygen atoms in total. The van der Waals surface area contributed by atoms with Gasteiger partial charge in [0.1, 0.15) is 11.6 Å². The zero-order chi connectivity index (χ0) is 17.6. The predicted molar refractivity (Wildman–Crippen MR) is 86.2 cm³/mol. The van der Waals surface area contributed by atoms with Gasteiger partial charge in [0.15, 0.2) is 0 Å². The Kier molecular flexibility index (Phi) is 7.18. The molecular weight excluding hydrogens is 300 g/mol. The maximum absolute atomic E-state index is 11.7. The van der Waals surface area contributed by atoms with Crippen molar-refractivity contribution < 1.29 is 24.2 Å². The molecule has 1 aliphatic rings. The number of methoxy groups -OCH3 is 2. The highest BCUT2D eigenvalue weighted by Gasteiger charge is 2.48. The van der Waals surface area contributed by atoms with Gasteiger partial charge in [0, 0.05) is 27.2 Å². The van der Waals surface area contributed by atoms with Crippen molar-refractivity contribution in [2.24, 2.45) is 5.92 Å². The van der Waals surface area contributed by atoms with Gasteiger partial charge >= 0.3 is 5.97 Å². The quantitative estimate of drug-likeness (QED) is 0.563. The van der Waals surface area contributed by atoms with E-state index in [2.05, 4.69) is 10.6 Å². The van der Waals surface area contributed by atoms with E-state index < -0.39 is 23.7 Å². The predicted octanol–water partition coefficient (Wildman–Crippen LogP) is 0.550. The van der Waals surface area contributed by atoms with Gasteiger partial charge in [0.05, 0.1) is 12.6 Å². The molecule has 0 aromatic carbocycles. The lowest BCUT2D eigenvalue weighted by Crippen LogP contribution is -2.63. The van der Waals surface area contributed by atoms with Gasteiger partial charge in [-0.2, -0.15) is 0 Å². The Morgan fingerprint density at radius 2 is 2.13 bits per heavy atom. The number of carbonyl (C=O) groups is 2. The summed E-state index contributed by atoms with van der Waals surface area (Å²) in [4.78, 5) is 23.0. The Labute approximate surface area is 137 Å². The Bertz CT molecular complexity index is 454. The fourth-order valence-corrected chi connectivity index (χ4v) is 3.21.